The van der Waals surface area contributed by atoms with Crippen molar-refractivity contribution in [1.29, 1.82) is 0 Å². The first-order valence-electron chi connectivity index (χ1n) is 8.01. The first-order valence-corrected chi connectivity index (χ1v) is 8.01. The molecule has 0 saturated carbocycles. The lowest BCUT2D eigenvalue weighted by Gasteiger charge is -2.11. The van der Waals surface area contributed by atoms with E-state index >= 15 is 0 Å². The molecular formula is C16H17N5O4. The maximum atomic E-state index is 11.4. The highest BCUT2D eigenvalue weighted by molar-refractivity contribution is 5.78. The highest BCUT2D eigenvalue weighted by Gasteiger charge is 2.25. The van der Waals surface area contributed by atoms with Gasteiger partial charge in [0, 0.05) is 24.9 Å². The van der Waals surface area contributed by atoms with E-state index in [0.29, 0.717) is 36.0 Å². The Balaban J connectivity index is 1.67. The maximum absolute atomic E-state index is 11.4. The summed E-state index contributed by atoms with van der Waals surface area (Å²) in [6, 6.07) is 5.45. The SMILES string of the molecule is NC(=O)Cc1nc(C[C@H]2CCC(=O)N2)n(-c2ccc3c(c2)OCO3)n1. The number of hydrogen-bond acceptors (Lipinski definition) is 6. The summed E-state index contributed by atoms with van der Waals surface area (Å²) >= 11 is 0. The molecule has 0 unspecified atom stereocenters. The Hall–Kier alpha value is -3.10. The van der Waals surface area contributed by atoms with Crippen LogP contribution in [0, 0.1) is 0 Å². The first-order chi connectivity index (χ1) is 12.1. The van der Waals surface area contributed by atoms with Gasteiger partial charge in [-0.3, -0.25) is 9.59 Å². The molecule has 1 fully saturated rings. The van der Waals surface area contributed by atoms with Crippen molar-refractivity contribution >= 4 is 11.8 Å². The van der Waals surface area contributed by atoms with Crippen molar-refractivity contribution in [3.05, 3.63) is 29.8 Å². The van der Waals surface area contributed by atoms with Gasteiger partial charge in [0.15, 0.2) is 17.3 Å². The summed E-state index contributed by atoms with van der Waals surface area (Å²) in [4.78, 5) is 27.1. The van der Waals surface area contributed by atoms with Crippen molar-refractivity contribution in [2.45, 2.75) is 31.7 Å². The highest BCUT2D eigenvalue weighted by Crippen LogP contribution is 2.33. The van der Waals surface area contributed by atoms with Gasteiger partial charge in [-0.2, -0.15) is 5.10 Å². The van der Waals surface area contributed by atoms with E-state index in [1.807, 2.05) is 12.1 Å². The molecule has 9 heteroatoms. The summed E-state index contributed by atoms with van der Waals surface area (Å²) in [6.45, 7) is 0.185. The molecule has 3 N–H and O–H groups in total. The molecule has 1 aromatic carbocycles. The van der Waals surface area contributed by atoms with Crippen LogP contribution in [-0.4, -0.2) is 39.4 Å². The number of hydrogen-bond donors (Lipinski definition) is 2. The van der Waals surface area contributed by atoms with Crippen LogP contribution in [0.25, 0.3) is 5.69 Å². The third-order valence-electron chi connectivity index (χ3n) is 4.17. The number of fused-ring (bicyclic) bond motifs is 1. The normalized spacial score (nSPS) is 18.4. The van der Waals surface area contributed by atoms with Crippen molar-refractivity contribution < 1.29 is 19.1 Å². The van der Waals surface area contributed by atoms with Crippen LogP contribution in [0.4, 0.5) is 0 Å². The molecule has 9 nitrogen and oxygen atoms in total. The Morgan fingerprint density at radius 1 is 1.36 bits per heavy atom. The number of nitrogens with zero attached hydrogens (tertiary/aromatic N) is 3. The fraction of sp³-hybridized carbons (Fsp3) is 0.375. The van der Waals surface area contributed by atoms with E-state index < -0.39 is 5.91 Å². The van der Waals surface area contributed by atoms with Crippen LogP contribution in [0.5, 0.6) is 11.5 Å². The van der Waals surface area contributed by atoms with Gasteiger partial charge in [0.25, 0.3) is 0 Å². The lowest BCUT2D eigenvalue weighted by Crippen LogP contribution is -2.28. The average Bonchev–Trinajstić information content (AvgIpc) is 3.26. The standard InChI is InChI=1S/C16H17N5O4/c17-13(22)7-14-19-15(5-9-1-4-16(23)18-9)21(20-14)10-2-3-11-12(6-10)25-8-24-11/h2-3,6,9H,1,4-5,7-8H2,(H2,17,22)(H,18,23)/t9-/m1/s1. The molecule has 0 radical (unpaired) electrons. The molecule has 1 atom stereocenters. The monoisotopic (exact) mass is 343 g/mol. The summed E-state index contributed by atoms with van der Waals surface area (Å²) in [6.07, 6.45) is 1.74. The summed E-state index contributed by atoms with van der Waals surface area (Å²) in [5.41, 5.74) is 6.00. The largest absolute Gasteiger partial charge is 0.454 e. The Morgan fingerprint density at radius 2 is 2.20 bits per heavy atom. The number of nitrogens with two attached hydrogens (primary N) is 1. The van der Waals surface area contributed by atoms with Crippen LogP contribution in [-0.2, 0) is 22.4 Å². The van der Waals surface area contributed by atoms with E-state index in [9.17, 15) is 9.59 Å². The van der Waals surface area contributed by atoms with Gasteiger partial charge in [0.1, 0.15) is 5.82 Å². The van der Waals surface area contributed by atoms with Crippen molar-refractivity contribution in [1.82, 2.24) is 20.1 Å². The van der Waals surface area contributed by atoms with Crippen LogP contribution in [0.3, 0.4) is 0 Å². The zero-order chi connectivity index (χ0) is 17.4. The Morgan fingerprint density at radius 3 is 2.96 bits per heavy atom. The molecule has 4 rings (SSSR count). The summed E-state index contributed by atoms with van der Waals surface area (Å²) in [5.74, 6) is 1.85. The number of rotatable bonds is 5. The summed E-state index contributed by atoms with van der Waals surface area (Å²) in [7, 11) is 0. The van der Waals surface area contributed by atoms with Gasteiger partial charge in [0.2, 0.25) is 18.6 Å². The molecule has 3 heterocycles. The lowest BCUT2D eigenvalue weighted by atomic mass is 10.1. The number of carbonyl (C=O) groups is 2. The molecule has 25 heavy (non-hydrogen) atoms. The van der Waals surface area contributed by atoms with Crippen LogP contribution in [0.2, 0.25) is 0 Å². The fourth-order valence-corrected chi connectivity index (χ4v) is 3.03. The van der Waals surface area contributed by atoms with Gasteiger partial charge in [-0.25, -0.2) is 9.67 Å². The lowest BCUT2D eigenvalue weighted by molar-refractivity contribution is -0.119. The molecule has 0 spiro atoms. The van der Waals surface area contributed by atoms with Crippen molar-refractivity contribution in [3.8, 4) is 17.2 Å². The second-order valence-corrected chi connectivity index (χ2v) is 6.04. The van der Waals surface area contributed by atoms with E-state index in [4.69, 9.17) is 15.2 Å². The third kappa shape index (κ3) is 3.12. The van der Waals surface area contributed by atoms with Gasteiger partial charge in [-0.05, 0) is 18.6 Å². The molecule has 1 saturated heterocycles. The minimum absolute atomic E-state index is 0.00545. The van der Waals surface area contributed by atoms with Crippen molar-refractivity contribution in [2.75, 3.05) is 6.79 Å². The van der Waals surface area contributed by atoms with Crippen molar-refractivity contribution in [2.24, 2.45) is 5.73 Å². The third-order valence-corrected chi connectivity index (χ3v) is 4.17. The zero-order valence-electron chi connectivity index (χ0n) is 13.4. The van der Waals surface area contributed by atoms with Gasteiger partial charge >= 0.3 is 0 Å². The van der Waals surface area contributed by atoms with E-state index in [0.717, 1.165) is 12.1 Å². The first kappa shape index (κ1) is 15.4. The van der Waals surface area contributed by atoms with Gasteiger partial charge in [0.05, 0.1) is 12.1 Å². The van der Waals surface area contributed by atoms with E-state index in [2.05, 4.69) is 15.4 Å². The van der Waals surface area contributed by atoms with Crippen LogP contribution < -0.4 is 20.5 Å². The molecule has 0 bridgehead atoms. The zero-order valence-corrected chi connectivity index (χ0v) is 13.4. The minimum Gasteiger partial charge on any atom is -0.454 e. The highest BCUT2D eigenvalue weighted by atomic mass is 16.7. The second-order valence-electron chi connectivity index (χ2n) is 6.04. The molecule has 2 aromatic rings. The summed E-state index contributed by atoms with van der Waals surface area (Å²) in [5, 5.41) is 7.32. The van der Waals surface area contributed by atoms with Crippen LogP contribution in [0.1, 0.15) is 24.5 Å². The fourth-order valence-electron chi connectivity index (χ4n) is 3.03. The Kier molecular flexibility index (Phi) is 3.75. The van der Waals surface area contributed by atoms with Gasteiger partial charge in [-0.15, -0.1) is 0 Å². The molecule has 130 valence electrons. The second kappa shape index (κ2) is 6.08. The Labute approximate surface area is 143 Å². The quantitative estimate of drug-likeness (QED) is 0.778. The maximum Gasteiger partial charge on any atom is 0.231 e. The van der Waals surface area contributed by atoms with E-state index in [-0.39, 0.29) is 25.2 Å². The number of aromatic nitrogens is 3. The Bertz CT molecular complexity index is 847. The van der Waals surface area contributed by atoms with Crippen LogP contribution >= 0.6 is 0 Å². The number of benzene rings is 1. The number of ether oxygens (including phenoxy) is 2. The number of carbonyl (C=O) groups excluding carboxylic acids is 2. The van der Waals surface area contributed by atoms with Crippen LogP contribution in [0.15, 0.2) is 18.2 Å². The summed E-state index contributed by atoms with van der Waals surface area (Å²) < 4.78 is 12.4. The smallest absolute Gasteiger partial charge is 0.231 e. The molecule has 0 aliphatic carbocycles. The molecular weight excluding hydrogens is 326 g/mol. The predicted molar refractivity (Wildman–Crippen MR) is 85.2 cm³/mol. The van der Waals surface area contributed by atoms with Gasteiger partial charge < -0.3 is 20.5 Å². The van der Waals surface area contributed by atoms with Crippen molar-refractivity contribution in [3.63, 3.8) is 0 Å². The average molecular weight is 343 g/mol. The minimum atomic E-state index is -0.497. The number of amides is 2. The molecule has 2 aliphatic rings. The van der Waals surface area contributed by atoms with E-state index in [1.54, 1.807) is 10.7 Å². The van der Waals surface area contributed by atoms with Gasteiger partial charge in [-0.1, -0.05) is 0 Å². The molecule has 2 aliphatic heterocycles. The topological polar surface area (TPSA) is 121 Å². The number of nitrogens with one attached hydrogen (secondary N) is 1. The van der Waals surface area contributed by atoms with E-state index in [1.165, 1.54) is 0 Å². The predicted octanol–water partition coefficient (Wildman–Crippen LogP) is -0.155. The number of primary amides is 1. The molecule has 2 amide bonds. The molecule has 1 aromatic heterocycles.